The van der Waals surface area contributed by atoms with Crippen LogP contribution in [0.15, 0.2) is 36.7 Å². The summed E-state index contributed by atoms with van der Waals surface area (Å²) >= 11 is 5.78. The predicted octanol–water partition coefficient (Wildman–Crippen LogP) is 2.92. The predicted molar refractivity (Wildman–Crippen MR) is 95.2 cm³/mol. The zero-order valence-electron chi connectivity index (χ0n) is 13.8. The smallest absolute Gasteiger partial charge is 0.319 e. The molecule has 0 spiro atoms. The van der Waals surface area contributed by atoms with Crippen molar-refractivity contribution in [2.45, 2.75) is 25.5 Å². The zero-order chi connectivity index (χ0) is 17.5. The second-order valence-corrected chi connectivity index (χ2v) is 6.21. The Kier molecular flexibility index (Phi) is 6.14. The topological polar surface area (TPSA) is 77.4 Å². The molecule has 25 heavy (non-hydrogen) atoms. The number of ether oxygens (including phenoxy) is 2. The number of anilines is 1. The Bertz CT molecular complexity index is 683. The number of amides is 2. The first-order valence-electron chi connectivity index (χ1n) is 8.26. The monoisotopic (exact) mass is 364 g/mol. The lowest BCUT2D eigenvalue weighted by Crippen LogP contribution is -2.31. The molecule has 0 unspecified atom stereocenters. The van der Waals surface area contributed by atoms with Crippen molar-refractivity contribution in [2.75, 3.05) is 25.1 Å². The number of nitrogens with one attached hydrogen (secondary N) is 2. The van der Waals surface area contributed by atoms with Crippen LogP contribution in [0.4, 0.5) is 10.5 Å². The summed E-state index contributed by atoms with van der Waals surface area (Å²) in [6.07, 6.45) is 5.60. The third-order valence-electron chi connectivity index (χ3n) is 3.80. The summed E-state index contributed by atoms with van der Waals surface area (Å²) in [4.78, 5) is 11.9. The molecule has 2 aromatic rings. The van der Waals surface area contributed by atoms with Gasteiger partial charge in [0, 0.05) is 25.0 Å². The van der Waals surface area contributed by atoms with E-state index in [1.807, 2.05) is 12.1 Å². The molecule has 2 heterocycles. The average Bonchev–Trinajstić information content (AvgIpc) is 3.26. The van der Waals surface area contributed by atoms with Gasteiger partial charge in [-0.15, -0.1) is 0 Å². The number of benzene rings is 1. The fraction of sp³-hybridized carbons (Fsp3) is 0.412. The molecule has 7 nitrogen and oxygen atoms in total. The Morgan fingerprint density at radius 2 is 2.24 bits per heavy atom. The van der Waals surface area contributed by atoms with Gasteiger partial charge in [-0.1, -0.05) is 11.6 Å². The van der Waals surface area contributed by atoms with Crippen LogP contribution < -0.4 is 15.4 Å². The van der Waals surface area contributed by atoms with Crippen molar-refractivity contribution in [3.63, 3.8) is 0 Å². The Balaban J connectivity index is 1.37. The van der Waals surface area contributed by atoms with Crippen molar-refractivity contribution in [3.8, 4) is 5.75 Å². The third-order valence-corrected chi connectivity index (χ3v) is 4.00. The molecule has 1 aliphatic heterocycles. The first kappa shape index (κ1) is 17.6. The number of urea groups is 1. The molecule has 1 aromatic carbocycles. The van der Waals surface area contributed by atoms with Gasteiger partial charge in [0.1, 0.15) is 12.4 Å². The zero-order valence-corrected chi connectivity index (χ0v) is 14.5. The van der Waals surface area contributed by atoms with Crippen LogP contribution in [-0.4, -0.2) is 41.7 Å². The molecule has 134 valence electrons. The summed E-state index contributed by atoms with van der Waals surface area (Å²) in [6, 6.07) is 6.99. The number of nitrogens with zero attached hydrogens (tertiary/aromatic N) is 2. The van der Waals surface area contributed by atoms with Crippen molar-refractivity contribution in [1.29, 1.82) is 0 Å². The van der Waals surface area contributed by atoms with E-state index in [0.29, 0.717) is 30.4 Å². The van der Waals surface area contributed by atoms with Gasteiger partial charge in [0.15, 0.2) is 0 Å². The number of halogens is 1. The lowest BCUT2D eigenvalue weighted by Gasteiger charge is -2.12. The van der Waals surface area contributed by atoms with E-state index >= 15 is 0 Å². The van der Waals surface area contributed by atoms with Gasteiger partial charge in [-0.05, 0) is 37.1 Å². The van der Waals surface area contributed by atoms with Crippen molar-refractivity contribution >= 4 is 23.3 Å². The minimum Gasteiger partial charge on any atom is -0.491 e. The third kappa shape index (κ3) is 5.65. The number of hydrogen-bond acceptors (Lipinski definition) is 4. The lowest BCUT2D eigenvalue weighted by molar-refractivity contribution is 0.0679. The van der Waals surface area contributed by atoms with Crippen LogP contribution in [0.2, 0.25) is 5.02 Å². The maximum Gasteiger partial charge on any atom is 0.319 e. The molecule has 1 aliphatic rings. The molecule has 0 aliphatic carbocycles. The van der Waals surface area contributed by atoms with Gasteiger partial charge in [-0.3, -0.25) is 4.68 Å². The highest BCUT2D eigenvalue weighted by Gasteiger charge is 2.15. The standard InChI is InChI=1S/C17H21ClN4O3/c18-13-10-20-22(11-13)8-7-19-17(23)21-14-3-5-15(6-4-14)25-12-16-2-1-9-24-16/h3-6,10-11,16H,1-2,7-9,12H2,(H2,19,21,23)/t16-/m1/s1. The molecular weight excluding hydrogens is 344 g/mol. The van der Waals surface area contributed by atoms with E-state index < -0.39 is 0 Å². The highest BCUT2D eigenvalue weighted by Crippen LogP contribution is 2.18. The van der Waals surface area contributed by atoms with Crippen molar-refractivity contribution < 1.29 is 14.3 Å². The van der Waals surface area contributed by atoms with E-state index in [0.717, 1.165) is 25.2 Å². The highest BCUT2D eigenvalue weighted by atomic mass is 35.5. The summed E-state index contributed by atoms with van der Waals surface area (Å²) in [6.45, 7) is 2.38. The number of rotatable bonds is 7. The number of aromatic nitrogens is 2. The molecule has 0 saturated carbocycles. The van der Waals surface area contributed by atoms with Crippen LogP contribution in [-0.2, 0) is 11.3 Å². The minimum absolute atomic E-state index is 0.188. The highest BCUT2D eigenvalue weighted by molar-refractivity contribution is 6.30. The molecule has 1 atom stereocenters. The first-order valence-corrected chi connectivity index (χ1v) is 8.64. The van der Waals surface area contributed by atoms with Crippen LogP contribution in [0, 0.1) is 0 Å². The summed E-state index contributed by atoms with van der Waals surface area (Å²) < 4.78 is 12.9. The maximum absolute atomic E-state index is 11.9. The molecular formula is C17H21ClN4O3. The van der Waals surface area contributed by atoms with Gasteiger partial charge in [0.2, 0.25) is 0 Å². The molecule has 8 heteroatoms. The Morgan fingerprint density at radius 1 is 1.40 bits per heavy atom. The van der Waals surface area contributed by atoms with Gasteiger partial charge in [0.05, 0.1) is 23.9 Å². The van der Waals surface area contributed by atoms with E-state index in [1.165, 1.54) is 0 Å². The van der Waals surface area contributed by atoms with Crippen LogP contribution in [0.3, 0.4) is 0 Å². The summed E-state index contributed by atoms with van der Waals surface area (Å²) in [7, 11) is 0. The second-order valence-electron chi connectivity index (χ2n) is 5.77. The number of carbonyl (C=O) groups is 1. The minimum atomic E-state index is -0.272. The van der Waals surface area contributed by atoms with E-state index in [9.17, 15) is 4.79 Å². The molecule has 2 amide bonds. The molecule has 0 radical (unpaired) electrons. The summed E-state index contributed by atoms with van der Waals surface area (Å²) in [5, 5.41) is 10.2. The van der Waals surface area contributed by atoms with Crippen LogP contribution in [0.1, 0.15) is 12.8 Å². The molecule has 1 aromatic heterocycles. The summed E-state index contributed by atoms with van der Waals surface area (Å²) in [5.41, 5.74) is 0.698. The van der Waals surface area contributed by atoms with E-state index in [4.69, 9.17) is 21.1 Å². The van der Waals surface area contributed by atoms with E-state index in [-0.39, 0.29) is 12.1 Å². The van der Waals surface area contributed by atoms with E-state index in [2.05, 4.69) is 15.7 Å². The Labute approximate surface area is 151 Å². The Morgan fingerprint density at radius 3 is 2.92 bits per heavy atom. The number of carbonyl (C=O) groups excluding carboxylic acids is 1. The maximum atomic E-state index is 11.9. The van der Waals surface area contributed by atoms with Crippen molar-refractivity contribution in [1.82, 2.24) is 15.1 Å². The SMILES string of the molecule is O=C(NCCn1cc(Cl)cn1)Nc1ccc(OC[C@H]2CCCO2)cc1. The van der Waals surface area contributed by atoms with Crippen molar-refractivity contribution in [3.05, 3.63) is 41.7 Å². The molecule has 3 rings (SSSR count). The first-order chi connectivity index (χ1) is 12.2. The number of hydrogen-bond donors (Lipinski definition) is 2. The normalized spacial score (nSPS) is 16.6. The van der Waals surface area contributed by atoms with Crippen LogP contribution in [0.5, 0.6) is 5.75 Å². The van der Waals surface area contributed by atoms with Gasteiger partial charge < -0.3 is 20.1 Å². The van der Waals surface area contributed by atoms with E-state index in [1.54, 1.807) is 29.2 Å². The summed E-state index contributed by atoms with van der Waals surface area (Å²) in [5.74, 6) is 0.761. The lowest BCUT2D eigenvalue weighted by atomic mass is 10.2. The van der Waals surface area contributed by atoms with Gasteiger partial charge in [0.25, 0.3) is 0 Å². The van der Waals surface area contributed by atoms with Gasteiger partial charge in [-0.2, -0.15) is 5.10 Å². The molecule has 2 N–H and O–H groups in total. The quantitative estimate of drug-likeness (QED) is 0.791. The average molecular weight is 365 g/mol. The van der Waals surface area contributed by atoms with Gasteiger partial charge >= 0.3 is 6.03 Å². The molecule has 1 fully saturated rings. The van der Waals surface area contributed by atoms with Crippen LogP contribution >= 0.6 is 11.6 Å². The van der Waals surface area contributed by atoms with Crippen molar-refractivity contribution in [2.24, 2.45) is 0 Å². The second kappa shape index (κ2) is 8.73. The van der Waals surface area contributed by atoms with Crippen LogP contribution in [0.25, 0.3) is 0 Å². The molecule has 1 saturated heterocycles. The fourth-order valence-corrected chi connectivity index (χ4v) is 2.68. The molecule has 0 bridgehead atoms. The largest absolute Gasteiger partial charge is 0.491 e. The van der Waals surface area contributed by atoms with Gasteiger partial charge in [-0.25, -0.2) is 4.79 Å². The Hall–Kier alpha value is -2.25. The fourth-order valence-electron chi connectivity index (χ4n) is 2.52.